The van der Waals surface area contributed by atoms with Crippen LogP contribution in [-0.2, 0) is 11.2 Å². The molecule has 2 nitrogen and oxygen atoms in total. The Bertz CT molecular complexity index is 501. The van der Waals surface area contributed by atoms with Crippen molar-refractivity contribution in [2.24, 2.45) is 5.41 Å². The summed E-state index contributed by atoms with van der Waals surface area (Å²) in [5, 5.41) is 0.763. The number of aryl methyl sites for hydroxylation is 1. The minimum Gasteiger partial charge on any atom is -0.426 e. The van der Waals surface area contributed by atoms with E-state index >= 15 is 0 Å². The second-order valence-corrected chi connectivity index (χ2v) is 6.63. The molecule has 0 unspecified atom stereocenters. The summed E-state index contributed by atoms with van der Waals surface area (Å²) < 4.78 is 7.25. The van der Waals surface area contributed by atoms with Crippen LogP contribution >= 0.6 is 34.2 Å². The second kappa shape index (κ2) is 6.75. The van der Waals surface area contributed by atoms with Crippen molar-refractivity contribution in [3.05, 3.63) is 38.4 Å². The number of rotatable bonds is 3. The molecule has 0 atom stereocenters. The summed E-state index contributed by atoms with van der Waals surface area (Å²) in [5.41, 5.74) is 1.57. The summed E-state index contributed by atoms with van der Waals surface area (Å²) in [7, 11) is 0. The SMILES string of the molecule is Cc1cc(C/C(Cl)=C\I)cc(OC(=O)C(C)(C)C)c1. The van der Waals surface area contributed by atoms with Crippen LogP contribution in [0.1, 0.15) is 31.9 Å². The highest BCUT2D eigenvalue weighted by Gasteiger charge is 2.23. The Labute approximate surface area is 133 Å². The van der Waals surface area contributed by atoms with E-state index in [1.54, 1.807) is 0 Å². The van der Waals surface area contributed by atoms with Crippen LogP contribution in [0.25, 0.3) is 0 Å². The Hall–Kier alpha value is -0.550. The molecule has 0 N–H and O–H groups in total. The average molecular weight is 393 g/mol. The number of carbonyl (C=O) groups is 1. The molecule has 1 aromatic rings. The molecule has 0 aliphatic heterocycles. The highest BCUT2D eigenvalue weighted by molar-refractivity contribution is 14.1. The Balaban J connectivity index is 2.94. The van der Waals surface area contributed by atoms with Crippen molar-refractivity contribution < 1.29 is 9.53 Å². The van der Waals surface area contributed by atoms with E-state index in [4.69, 9.17) is 16.3 Å². The molecule has 0 aromatic heterocycles. The Kier molecular flexibility index (Phi) is 5.86. The van der Waals surface area contributed by atoms with Gasteiger partial charge < -0.3 is 4.74 Å². The summed E-state index contributed by atoms with van der Waals surface area (Å²) >= 11 is 8.14. The monoisotopic (exact) mass is 392 g/mol. The molecule has 19 heavy (non-hydrogen) atoms. The Morgan fingerprint density at radius 2 is 2.00 bits per heavy atom. The van der Waals surface area contributed by atoms with E-state index in [0.29, 0.717) is 12.2 Å². The molecular weight excluding hydrogens is 375 g/mol. The number of benzene rings is 1. The first-order valence-electron chi connectivity index (χ1n) is 6.00. The third-order valence-electron chi connectivity index (χ3n) is 2.42. The number of allylic oxidation sites excluding steroid dienone is 1. The number of ether oxygens (including phenoxy) is 1. The van der Waals surface area contributed by atoms with Crippen LogP contribution in [0.15, 0.2) is 27.3 Å². The topological polar surface area (TPSA) is 26.3 Å². The van der Waals surface area contributed by atoms with Crippen LogP contribution in [0.3, 0.4) is 0 Å². The smallest absolute Gasteiger partial charge is 0.316 e. The van der Waals surface area contributed by atoms with E-state index in [-0.39, 0.29) is 5.97 Å². The molecule has 0 radical (unpaired) electrons. The van der Waals surface area contributed by atoms with Gasteiger partial charge in [0.15, 0.2) is 0 Å². The zero-order valence-electron chi connectivity index (χ0n) is 11.6. The minimum absolute atomic E-state index is 0.236. The quantitative estimate of drug-likeness (QED) is 0.411. The lowest BCUT2D eigenvalue weighted by Crippen LogP contribution is -2.25. The molecule has 0 saturated heterocycles. The zero-order valence-corrected chi connectivity index (χ0v) is 14.5. The summed E-state index contributed by atoms with van der Waals surface area (Å²) in [4.78, 5) is 11.9. The number of hydrogen-bond acceptors (Lipinski definition) is 2. The summed E-state index contributed by atoms with van der Waals surface area (Å²) in [6, 6.07) is 5.75. The minimum atomic E-state index is -0.510. The van der Waals surface area contributed by atoms with Crippen LogP contribution in [-0.4, -0.2) is 5.97 Å². The van der Waals surface area contributed by atoms with Gasteiger partial charge >= 0.3 is 5.97 Å². The standard InChI is InChI=1S/C15H18ClIO2/c1-10-5-11(7-12(16)9-17)8-13(6-10)19-14(18)15(2,3)4/h5-6,8-9H,7H2,1-4H3/b12-9+. The molecule has 104 valence electrons. The molecule has 0 fully saturated rings. The largest absolute Gasteiger partial charge is 0.426 e. The molecule has 4 heteroatoms. The number of carbonyl (C=O) groups excluding carboxylic acids is 1. The molecule has 0 aliphatic rings. The van der Waals surface area contributed by atoms with Crippen molar-refractivity contribution in [1.29, 1.82) is 0 Å². The van der Waals surface area contributed by atoms with Crippen molar-refractivity contribution in [2.45, 2.75) is 34.1 Å². The fourth-order valence-corrected chi connectivity index (χ4v) is 1.85. The van der Waals surface area contributed by atoms with E-state index in [1.165, 1.54) is 0 Å². The first-order chi connectivity index (χ1) is 8.72. The lowest BCUT2D eigenvalue weighted by atomic mass is 9.97. The molecule has 1 aromatic carbocycles. The number of esters is 1. The van der Waals surface area contributed by atoms with Gasteiger partial charge in [-0.2, -0.15) is 0 Å². The summed E-state index contributed by atoms with van der Waals surface area (Å²) in [5.74, 6) is 0.340. The zero-order chi connectivity index (χ0) is 14.6. The predicted octanol–water partition coefficient (Wildman–Crippen LogP) is 5.00. The lowest BCUT2D eigenvalue weighted by molar-refractivity contribution is -0.142. The van der Waals surface area contributed by atoms with E-state index < -0.39 is 5.41 Å². The third kappa shape index (κ3) is 5.53. The van der Waals surface area contributed by atoms with Gasteiger partial charge in [0.2, 0.25) is 0 Å². The van der Waals surface area contributed by atoms with E-state index in [1.807, 2.05) is 50.0 Å². The van der Waals surface area contributed by atoms with E-state index in [0.717, 1.165) is 16.2 Å². The first kappa shape index (κ1) is 16.5. The molecule has 0 spiro atoms. The molecule has 0 amide bonds. The molecule has 0 bridgehead atoms. The van der Waals surface area contributed by atoms with Crippen LogP contribution in [0.2, 0.25) is 0 Å². The molecule has 0 heterocycles. The van der Waals surface area contributed by atoms with Gasteiger partial charge in [0.25, 0.3) is 0 Å². The van der Waals surface area contributed by atoms with E-state index in [9.17, 15) is 4.79 Å². The maximum atomic E-state index is 11.9. The second-order valence-electron chi connectivity index (χ2n) is 5.53. The number of halogens is 2. The molecule has 0 aliphatic carbocycles. The lowest BCUT2D eigenvalue weighted by Gasteiger charge is -2.17. The Morgan fingerprint density at radius 1 is 1.37 bits per heavy atom. The van der Waals surface area contributed by atoms with Crippen molar-refractivity contribution >= 4 is 40.2 Å². The Morgan fingerprint density at radius 3 is 2.53 bits per heavy atom. The van der Waals surface area contributed by atoms with Gasteiger partial charge in [0, 0.05) is 11.5 Å². The van der Waals surface area contributed by atoms with Gasteiger partial charge in [-0.1, -0.05) is 40.3 Å². The molecular formula is C15H18ClIO2. The van der Waals surface area contributed by atoms with Crippen molar-refractivity contribution in [3.63, 3.8) is 0 Å². The third-order valence-corrected chi connectivity index (χ3v) is 3.79. The van der Waals surface area contributed by atoms with Crippen LogP contribution in [0.5, 0.6) is 5.75 Å². The maximum Gasteiger partial charge on any atom is 0.316 e. The summed E-state index contributed by atoms with van der Waals surface area (Å²) in [6.45, 7) is 7.48. The van der Waals surface area contributed by atoms with Gasteiger partial charge in [-0.3, -0.25) is 4.79 Å². The number of hydrogen-bond donors (Lipinski definition) is 0. The van der Waals surface area contributed by atoms with Gasteiger partial charge in [0.1, 0.15) is 5.75 Å². The van der Waals surface area contributed by atoms with Crippen LogP contribution in [0, 0.1) is 12.3 Å². The highest BCUT2D eigenvalue weighted by atomic mass is 127. The molecule has 1 rings (SSSR count). The van der Waals surface area contributed by atoms with Gasteiger partial charge in [-0.05, 0) is 55.0 Å². The van der Waals surface area contributed by atoms with Gasteiger partial charge in [-0.15, -0.1) is 0 Å². The van der Waals surface area contributed by atoms with Crippen LogP contribution in [0.4, 0.5) is 0 Å². The predicted molar refractivity (Wildman–Crippen MR) is 87.9 cm³/mol. The fraction of sp³-hybridized carbons (Fsp3) is 0.400. The normalized spacial score (nSPS) is 12.4. The molecule has 0 saturated carbocycles. The first-order valence-corrected chi connectivity index (χ1v) is 7.62. The maximum absolute atomic E-state index is 11.9. The van der Waals surface area contributed by atoms with Crippen LogP contribution < -0.4 is 4.74 Å². The van der Waals surface area contributed by atoms with E-state index in [2.05, 4.69) is 22.6 Å². The van der Waals surface area contributed by atoms with Gasteiger partial charge in [0.05, 0.1) is 5.41 Å². The summed E-state index contributed by atoms with van der Waals surface area (Å²) in [6.07, 6.45) is 0.645. The van der Waals surface area contributed by atoms with Crippen molar-refractivity contribution in [3.8, 4) is 5.75 Å². The van der Waals surface area contributed by atoms with Gasteiger partial charge in [-0.25, -0.2) is 0 Å². The highest BCUT2D eigenvalue weighted by Crippen LogP contribution is 2.24. The fourth-order valence-electron chi connectivity index (χ4n) is 1.48. The average Bonchev–Trinajstić information content (AvgIpc) is 2.26. The van der Waals surface area contributed by atoms with Crippen molar-refractivity contribution in [2.75, 3.05) is 0 Å². The van der Waals surface area contributed by atoms with Crippen molar-refractivity contribution in [1.82, 2.24) is 0 Å².